The third-order valence-electron chi connectivity index (χ3n) is 2.99. The number of fused-ring (bicyclic) bond motifs is 1. The van der Waals surface area contributed by atoms with E-state index < -0.39 is 0 Å². The number of hydrogen-bond donors (Lipinski definition) is 1. The first-order valence-electron chi connectivity index (χ1n) is 6.12. The standard InChI is InChI=1S/C12H16N4O/c1-7(2)5-9-6-10(17)13-12-14-11(8-3-4-8)15-16(9)12/h6-8H,3-5H2,1-2H3,(H,13,14,15,17). The van der Waals surface area contributed by atoms with Gasteiger partial charge in [-0.15, -0.1) is 5.10 Å². The van der Waals surface area contributed by atoms with Crippen molar-refractivity contribution in [2.75, 3.05) is 0 Å². The molecule has 2 aromatic heterocycles. The molecule has 90 valence electrons. The first kappa shape index (κ1) is 10.5. The average molecular weight is 232 g/mol. The molecule has 1 aliphatic rings. The van der Waals surface area contributed by atoms with Crippen LogP contribution in [0.15, 0.2) is 10.9 Å². The minimum Gasteiger partial charge on any atom is -0.291 e. The van der Waals surface area contributed by atoms with E-state index in [0.29, 0.717) is 17.6 Å². The van der Waals surface area contributed by atoms with Crippen molar-refractivity contribution in [2.24, 2.45) is 5.92 Å². The molecule has 1 saturated carbocycles. The molecule has 0 aliphatic heterocycles. The van der Waals surface area contributed by atoms with Crippen LogP contribution in [0.1, 0.15) is 44.1 Å². The lowest BCUT2D eigenvalue weighted by atomic mass is 10.1. The maximum atomic E-state index is 11.5. The molecule has 0 atom stereocenters. The number of aromatic amines is 1. The Labute approximate surface area is 98.9 Å². The number of aromatic nitrogens is 4. The van der Waals surface area contributed by atoms with E-state index in [0.717, 1.165) is 17.9 Å². The highest BCUT2D eigenvalue weighted by molar-refractivity contribution is 5.30. The molecular weight excluding hydrogens is 216 g/mol. The van der Waals surface area contributed by atoms with E-state index in [2.05, 4.69) is 28.9 Å². The summed E-state index contributed by atoms with van der Waals surface area (Å²) in [4.78, 5) is 18.7. The number of hydrogen-bond acceptors (Lipinski definition) is 3. The molecule has 1 fully saturated rings. The smallest absolute Gasteiger partial charge is 0.252 e. The second kappa shape index (κ2) is 3.68. The van der Waals surface area contributed by atoms with E-state index in [-0.39, 0.29) is 5.56 Å². The van der Waals surface area contributed by atoms with Crippen molar-refractivity contribution in [3.8, 4) is 0 Å². The van der Waals surface area contributed by atoms with Gasteiger partial charge in [-0.3, -0.25) is 9.78 Å². The molecule has 17 heavy (non-hydrogen) atoms. The van der Waals surface area contributed by atoms with E-state index in [9.17, 15) is 4.79 Å². The zero-order chi connectivity index (χ0) is 12.0. The molecule has 0 unspecified atom stereocenters. The molecule has 0 spiro atoms. The van der Waals surface area contributed by atoms with Crippen molar-refractivity contribution >= 4 is 5.78 Å². The van der Waals surface area contributed by atoms with Crippen molar-refractivity contribution in [1.82, 2.24) is 19.6 Å². The minimum atomic E-state index is -0.0945. The predicted molar refractivity (Wildman–Crippen MR) is 64.1 cm³/mol. The highest BCUT2D eigenvalue weighted by atomic mass is 16.1. The predicted octanol–water partition coefficient (Wildman–Crippen LogP) is 1.49. The molecule has 2 aromatic rings. The molecule has 1 aliphatic carbocycles. The normalized spacial score (nSPS) is 15.9. The Morgan fingerprint density at radius 3 is 2.94 bits per heavy atom. The van der Waals surface area contributed by atoms with Gasteiger partial charge in [0.2, 0.25) is 5.78 Å². The Morgan fingerprint density at radius 1 is 1.53 bits per heavy atom. The number of nitrogens with zero attached hydrogens (tertiary/aromatic N) is 3. The molecule has 0 bridgehead atoms. The van der Waals surface area contributed by atoms with Gasteiger partial charge in [-0.1, -0.05) is 13.8 Å². The largest absolute Gasteiger partial charge is 0.291 e. The minimum absolute atomic E-state index is 0.0945. The van der Waals surface area contributed by atoms with Gasteiger partial charge in [0.1, 0.15) is 0 Å². The lowest BCUT2D eigenvalue weighted by Gasteiger charge is -2.05. The van der Waals surface area contributed by atoms with Gasteiger partial charge in [0.05, 0.1) is 5.69 Å². The fraction of sp³-hybridized carbons (Fsp3) is 0.583. The van der Waals surface area contributed by atoms with Crippen LogP contribution in [-0.4, -0.2) is 19.6 Å². The molecule has 1 N–H and O–H groups in total. The Bertz CT molecular complexity index is 606. The molecule has 3 rings (SSSR count). The molecular formula is C12H16N4O. The van der Waals surface area contributed by atoms with Crippen molar-refractivity contribution in [2.45, 2.75) is 39.0 Å². The fourth-order valence-corrected chi connectivity index (χ4v) is 2.05. The first-order valence-corrected chi connectivity index (χ1v) is 6.12. The van der Waals surface area contributed by atoms with E-state index in [1.165, 1.54) is 12.8 Å². The molecule has 0 aromatic carbocycles. The Morgan fingerprint density at radius 2 is 2.29 bits per heavy atom. The van der Waals surface area contributed by atoms with E-state index in [4.69, 9.17) is 0 Å². The van der Waals surface area contributed by atoms with Crippen LogP contribution < -0.4 is 5.56 Å². The van der Waals surface area contributed by atoms with Gasteiger partial charge in [-0.05, 0) is 25.2 Å². The van der Waals surface area contributed by atoms with Crippen LogP contribution in [0.4, 0.5) is 0 Å². The van der Waals surface area contributed by atoms with Crippen LogP contribution >= 0.6 is 0 Å². The summed E-state index contributed by atoms with van der Waals surface area (Å²) in [5.74, 6) is 2.45. The monoisotopic (exact) mass is 232 g/mol. The summed E-state index contributed by atoms with van der Waals surface area (Å²) in [5, 5.41) is 4.50. The highest BCUT2D eigenvalue weighted by Crippen LogP contribution is 2.38. The van der Waals surface area contributed by atoms with Gasteiger partial charge in [-0.25, -0.2) is 4.52 Å². The molecule has 0 saturated heterocycles. The highest BCUT2D eigenvalue weighted by Gasteiger charge is 2.28. The van der Waals surface area contributed by atoms with Crippen LogP contribution in [-0.2, 0) is 6.42 Å². The molecule has 0 radical (unpaired) electrons. The first-order chi connectivity index (χ1) is 8.13. The van der Waals surface area contributed by atoms with Crippen LogP contribution in [0.5, 0.6) is 0 Å². The number of nitrogens with one attached hydrogen (secondary N) is 1. The van der Waals surface area contributed by atoms with E-state index in [1.54, 1.807) is 10.6 Å². The summed E-state index contributed by atoms with van der Waals surface area (Å²) in [6, 6.07) is 1.62. The second-order valence-electron chi connectivity index (χ2n) is 5.20. The van der Waals surface area contributed by atoms with Crippen LogP contribution in [0, 0.1) is 5.92 Å². The summed E-state index contributed by atoms with van der Waals surface area (Å²) in [6.45, 7) is 4.26. The second-order valence-corrected chi connectivity index (χ2v) is 5.20. The van der Waals surface area contributed by atoms with E-state index in [1.807, 2.05) is 0 Å². The van der Waals surface area contributed by atoms with Crippen molar-refractivity contribution < 1.29 is 0 Å². The quantitative estimate of drug-likeness (QED) is 0.872. The fourth-order valence-electron chi connectivity index (χ4n) is 2.05. The third kappa shape index (κ3) is 1.97. The Hall–Kier alpha value is -1.65. The number of H-pyrrole nitrogens is 1. The summed E-state index contributed by atoms with van der Waals surface area (Å²) < 4.78 is 1.79. The zero-order valence-corrected chi connectivity index (χ0v) is 10.1. The topological polar surface area (TPSA) is 63.0 Å². The van der Waals surface area contributed by atoms with Crippen molar-refractivity contribution in [3.05, 3.63) is 27.9 Å². The maximum Gasteiger partial charge on any atom is 0.252 e. The Balaban J connectivity index is 2.14. The van der Waals surface area contributed by atoms with Gasteiger partial charge in [-0.2, -0.15) is 4.98 Å². The summed E-state index contributed by atoms with van der Waals surface area (Å²) in [7, 11) is 0. The van der Waals surface area contributed by atoms with Crippen LogP contribution in [0.3, 0.4) is 0 Å². The van der Waals surface area contributed by atoms with Gasteiger partial charge < -0.3 is 0 Å². The average Bonchev–Trinajstić information content (AvgIpc) is 2.98. The molecule has 5 heteroatoms. The Kier molecular flexibility index (Phi) is 2.28. The lowest BCUT2D eigenvalue weighted by molar-refractivity contribution is 0.616. The van der Waals surface area contributed by atoms with Gasteiger partial charge in [0, 0.05) is 12.0 Å². The molecule has 5 nitrogen and oxygen atoms in total. The summed E-state index contributed by atoms with van der Waals surface area (Å²) in [5.41, 5.74) is 0.848. The van der Waals surface area contributed by atoms with Crippen molar-refractivity contribution in [1.29, 1.82) is 0 Å². The van der Waals surface area contributed by atoms with Crippen molar-refractivity contribution in [3.63, 3.8) is 0 Å². The molecule has 2 heterocycles. The maximum absolute atomic E-state index is 11.5. The van der Waals surface area contributed by atoms with Crippen LogP contribution in [0.25, 0.3) is 5.78 Å². The third-order valence-corrected chi connectivity index (χ3v) is 2.99. The van der Waals surface area contributed by atoms with Gasteiger partial charge >= 0.3 is 0 Å². The van der Waals surface area contributed by atoms with Crippen LogP contribution in [0.2, 0.25) is 0 Å². The SMILES string of the molecule is CC(C)Cc1cc(=O)[nH]c2nc(C3CC3)nn12. The zero-order valence-electron chi connectivity index (χ0n) is 10.1. The van der Waals surface area contributed by atoms with Gasteiger partial charge in [0.25, 0.3) is 5.56 Å². The van der Waals surface area contributed by atoms with Gasteiger partial charge in [0.15, 0.2) is 5.82 Å². The number of rotatable bonds is 3. The van der Waals surface area contributed by atoms with E-state index >= 15 is 0 Å². The summed E-state index contributed by atoms with van der Waals surface area (Å²) >= 11 is 0. The summed E-state index contributed by atoms with van der Waals surface area (Å²) in [6.07, 6.45) is 3.18. The molecule has 0 amide bonds. The lowest BCUT2D eigenvalue weighted by Crippen LogP contribution is -2.13.